The minimum atomic E-state index is -2.93. The van der Waals surface area contributed by atoms with Gasteiger partial charge >= 0.3 is 6.61 Å². The minimum absolute atomic E-state index is 0.0500. The zero-order valence-electron chi connectivity index (χ0n) is 14.3. The van der Waals surface area contributed by atoms with Crippen LogP contribution in [0.5, 0.6) is 5.75 Å². The number of amides is 1. The number of nitrogens with one attached hydrogen (secondary N) is 1. The van der Waals surface area contributed by atoms with Gasteiger partial charge < -0.3 is 19.5 Å². The molecule has 1 saturated heterocycles. The van der Waals surface area contributed by atoms with Crippen molar-refractivity contribution in [2.24, 2.45) is 0 Å². The molecule has 138 valence electrons. The van der Waals surface area contributed by atoms with Gasteiger partial charge in [0.1, 0.15) is 11.9 Å². The van der Waals surface area contributed by atoms with Crippen LogP contribution in [0.25, 0.3) is 0 Å². The van der Waals surface area contributed by atoms with Crippen LogP contribution in [0.2, 0.25) is 0 Å². The molecule has 1 aliphatic rings. The highest BCUT2D eigenvalue weighted by Crippen LogP contribution is 2.17. The van der Waals surface area contributed by atoms with E-state index in [4.69, 9.17) is 9.47 Å². The van der Waals surface area contributed by atoms with Crippen molar-refractivity contribution in [2.75, 3.05) is 19.8 Å². The van der Waals surface area contributed by atoms with Crippen LogP contribution in [0.1, 0.15) is 30.6 Å². The molecule has 0 bridgehead atoms. The van der Waals surface area contributed by atoms with Crippen LogP contribution in [0.15, 0.2) is 35.9 Å². The van der Waals surface area contributed by atoms with Crippen LogP contribution < -0.4 is 10.1 Å². The fourth-order valence-electron chi connectivity index (χ4n) is 2.44. The summed E-state index contributed by atoms with van der Waals surface area (Å²) in [6, 6.07) is 5.51. The largest absolute Gasteiger partial charge is 0.435 e. The monoisotopic (exact) mass is 355 g/mol. The lowest BCUT2D eigenvalue weighted by Gasteiger charge is -2.32. The van der Waals surface area contributed by atoms with Crippen molar-refractivity contribution in [1.29, 1.82) is 0 Å². The quantitative estimate of drug-likeness (QED) is 0.764. The molecule has 1 amide bonds. The lowest BCUT2D eigenvalue weighted by Crippen LogP contribution is -2.50. The van der Waals surface area contributed by atoms with E-state index in [0.717, 1.165) is 5.57 Å². The lowest BCUT2D eigenvalue weighted by molar-refractivity contribution is -0.0589. The molecule has 1 N–H and O–H groups in total. The molecule has 0 saturated carbocycles. The van der Waals surface area contributed by atoms with Crippen LogP contribution >= 0.6 is 0 Å². The molecular formula is C18H23F2NO4. The second kappa shape index (κ2) is 9.48. The number of benzene rings is 1. The summed E-state index contributed by atoms with van der Waals surface area (Å²) in [5.74, 6) is -0.409. The Morgan fingerprint density at radius 1 is 1.44 bits per heavy atom. The first kappa shape index (κ1) is 19.3. The number of hydrogen-bond donors (Lipinski definition) is 1. The Balaban J connectivity index is 1.98. The van der Waals surface area contributed by atoms with Gasteiger partial charge in [-0.15, -0.1) is 0 Å². The van der Waals surface area contributed by atoms with E-state index in [-0.39, 0.29) is 29.4 Å². The molecule has 1 aromatic carbocycles. The van der Waals surface area contributed by atoms with Gasteiger partial charge in [-0.2, -0.15) is 8.78 Å². The summed E-state index contributed by atoms with van der Waals surface area (Å²) >= 11 is 0. The van der Waals surface area contributed by atoms with E-state index in [1.54, 1.807) is 6.07 Å². The van der Waals surface area contributed by atoms with Gasteiger partial charge in [-0.1, -0.05) is 17.7 Å². The van der Waals surface area contributed by atoms with E-state index in [9.17, 15) is 13.6 Å². The molecule has 0 spiro atoms. The Hall–Kier alpha value is -1.99. The molecule has 0 aromatic heterocycles. The number of carbonyl (C=O) groups excluding carboxylic acids is 1. The van der Waals surface area contributed by atoms with Crippen molar-refractivity contribution in [3.8, 4) is 5.75 Å². The predicted molar refractivity (Wildman–Crippen MR) is 88.9 cm³/mol. The SMILES string of the molecule is CC(C)=CCO[C@@H]1COCC[C@H]1NC(=O)c1cccc(OC(F)F)c1. The average Bonchev–Trinajstić information content (AvgIpc) is 2.55. The number of alkyl halides is 2. The maximum Gasteiger partial charge on any atom is 0.387 e. The Morgan fingerprint density at radius 3 is 2.96 bits per heavy atom. The molecule has 2 rings (SSSR count). The molecular weight excluding hydrogens is 332 g/mol. The fraction of sp³-hybridized carbons (Fsp3) is 0.500. The molecule has 2 atom stereocenters. The van der Waals surface area contributed by atoms with Gasteiger partial charge in [0.2, 0.25) is 0 Å². The Kier molecular flexibility index (Phi) is 7.33. The summed E-state index contributed by atoms with van der Waals surface area (Å²) in [5, 5.41) is 2.90. The number of ether oxygens (including phenoxy) is 3. The number of halogens is 2. The van der Waals surface area contributed by atoms with Gasteiger partial charge in [0.05, 0.1) is 19.3 Å². The van der Waals surface area contributed by atoms with Crippen LogP contribution in [0.3, 0.4) is 0 Å². The summed E-state index contributed by atoms with van der Waals surface area (Å²) in [6.07, 6.45) is 2.32. The molecule has 1 fully saturated rings. The highest BCUT2D eigenvalue weighted by atomic mass is 19.3. The van der Waals surface area contributed by atoms with E-state index >= 15 is 0 Å². The number of hydrogen-bond acceptors (Lipinski definition) is 4. The molecule has 25 heavy (non-hydrogen) atoms. The van der Waals surface area contributed by atoms with E-state index in [1.165, 1.54) is 18.2 Å². The second-order valence-corrected chi connectivity index (χ2v) is 6.00. The molecule has 0 unspecified atom stereocenters. The summed E-state index contributed by atoms with van der Waals surface area (Å²) in [4.78, 5) is 12.4. The Labute approximate surface area is 145 Å². The lowest BCUT2D eigenvalue weighted by atomic mass is 10.1. The summed E-state index contributed by atoms with van der Waals surface area (Å²) in [6.45, 7) is 2.41. The molecule has 5 nitrogen and oxygen atoms in total. The van der Waals surface area contributed by atoms with Crippen LogP contribution in [0.4, 0.5) is 8.78 Å². The number of allylic oxidation sites excluding steroid dienone is 1. The smallest absolute Gasteiger partial charge is 0.387 e. The summed E-state index contributed by atoms with van der Waals surface area (Å²) < 4.78 is 40.1. The van der Waals surface area contributed by atoms with Crippen LogP contribution in [-0.4, -0.2) is 44.5 Å². The van der Waals surface area contributed by atoms with Crippen molar-refractivity contribution in [3.63, 3.8) is 0 Å². The first-order valence-electron chi connectivity index (χ1n) is 8.14. The van der Waals surface area contributed by atoms with Gasteiger partial charge in [0.25, 0.3) is 5.91 Å². The van der Waals surface area contributed by atoms with Crippen molar-refractivity contribution in [3.05, 3.63) is 41.5 Å². The zero-order valence-corrected chi connectivity index (χ0v) is 14.3. The van der Waals surface area contributed by atoms with Crippen molar-refractivity contribution < 1.29 is 27.8 Å². The van der Waals surface area contributed by atoms with Gasteiger partial charge in [0.15, 0.2) is 0 Å². The highest BCUT2D eigenvalue weighted by Gasteiger charge is 2.28. The fourth-order valence-corrected chi connectivity index (χ4v) is 2.44. The molecule has 1 aromatic rings. The molecule has 0 aliphatic carbocycles. The van der Waals surface area contributed by atoms with Crippen LogP contribution in [0, 0.1) is 0 Å². The maximum atomic E-state index is 12.4. The van der Waals surface area contributed by atoms with Crippen LogP contribution in [-0.2, 0) is 9.47 Å². The number of rotatable bonds is 7. The van der Waals surface area contributed by atoms with Gasteiger partial charge in [-0.3, -0.25) is 4.79 Å². The summed E-state index contributed by atoms with van der Waals surface area (Å²) in [7, 11) is 0. The molecule has 1 heterocycles. The second-order valence-electron chi connectivity index (χ2n) is 6.00. The van der Waals surface area contributed by atoms with E-state index in [2.05, 4.69) is 10.1 Å². The van der Waals surface area contributed by atoms with Crippen molar-refractivity contribution >= 4 is 5.91 Å². The average molecular weight is 355 g/mol. The highest BCUT2D eigenvalue weighted by molar-refractivity contribution is 5.94. The Morgan fingerprint density at radius 2 is 2.24 bits per heavy atom. The van der Waals surface area contributed by atoms with Crippen molar-refractivity contribution in [2.45, 2.75) is 39.0 Å². The van der Waals surface area contributed by atoms with Crippen molar-refractivity contribution in [1.82, 2.24) is 5.32 Å². The number of carbonyl (C=O) groups is 1. The maximum absolute atomic E-state index is 12.4. The first-order chi connectivity index (χ1) is 12.0. The third-order valence-electron chi connectivity index (χ3n) is 3.74. The normalized spacial score (nSPS) is 20.2. The standard InChI is InChI=1S/C18H23F2NO4/c1-12(2)6-9-24-16-11-23-8-7-15(16)21-17(22)13-4-3-5-14(10-13)25-18(19)20/h3-6,10,15-16,18H,7-9,11H2,1-2H3,(H,21,22)/t15-,16-/m1/s1. The predicted octanol–water partition coefficient (Wildman–Crippen LogP) is 3.16. The third-order valence-corrected chi connectivity index (χ3v) is 3.74. The Bertz CT molecular complexity index is 602. The zero-order chi connectivity index (χ0) is 18.2. The van der Waals surface area contributed by atoms with Gasteiger partial charge in [0, 0.05) is 12.2 Å². The van der Waals surface area contributed by atoms with E-state index < -0.39 is 6.61 Å². The van der Waals surface area contributed by atoms with Gasteiger partial charge in [-0.05, 0) is 38.5 Å². The first-order valence-corrected chi connectivity index (χ1v) is 8.14. The molecule has 7 heteroatoms. The summed E-state index contributed by atoms with van der Waals surface area (Å²) in [5.41, 5.74) is 1.40. The van der Waals surface area contributed by atoms with E-state index in [1.807, 2.05) is 19.9 Å². The molecule has 1 aliphatic heterocycles. The van der Waals surface area contributed by atoms with E-state index in [0.29, 0.717) is 26.2 Å². The topological polar surface area (TPSA) is 56.8 Å². The molecule has 0 radical (unpaired) electrons. The minimum Gasteiger partial charge on any atom is -0.435 e. The third kappa shape index (κ3) is 6.43. The van der Waals surface area contributed by atoms with Gasteiger partial charge in [-0.25, -0.2) is 0 Å².